The van der Waals surface area contributed by atoms with E-state index in [1.165, 1.54) is 6.07 Å². The highest BCUT2D eigenvalue weighted by molar-refractivity contribution is 5.95. The van der Waals surface area contributed by atoms with E-state index in [0.717, 1.165) is 37.2 Å². The second kappa shape index (κ2) is 7.71. The SMILES string of the molecule is CN(C)C(=O)N1CC2(CCNCC2)c2cc(F)ccc21.O=C(O)C(F)(F)F. The predicted octanol–water partition coefficient (Wildman–Crippen LogP) is 2.58. The predicted molar refractivity (Wildman–Crippen MR) is 90.3 cm³/mol. The van der Waals surface area contributed by atoms with E-state index >= 15 is 0 Å². The third kappa shape index (κ3) is 4.49. The van der Waals surface area contributed by atoms with Crippen molar-refractivity contribution >= 4 is 17.7 Å². The molecule has 1 aromatic rings. The zero-order valence-electron chi connectivity index (χ0n) is 14.9. The normalized spacial score (nSPS) is 17.8. The second-order valence-corrected chi connectivity index (χ2v) is 6.76. The number of carboxylic acid groups (broad SMARTS) is 1. The number of urea groups is 1. The standard InChI is InChI=1S/C15H20FN3O.C2HF3O2/c1-18(2)14(20)19-10-15(5-7-17-8-6-15)12-9-11(16)3-4-13(12)19;3-2(4,5)1(6)7/h3-4,9,17H,5-8,10H2,1-2H3;(H,6,7). The lowest BCUT2D eigenvalue weighted by atomic mass is 9.75. The van der Waals surface area contributed by atoms with Crippen molar-refractivity contribution in [1.82, 2.24) is 10.2 Å². The zero-order valence-corrected chi connectivity index (χ0v) is 14.9. The van der Waals surface area contributed by atoms with Crippen molar-refractivity contribution in [2.24, 2.45) is 0 Å². The van der Waals surface area contributed by atoms with Crippen LogP contribution in [0.1, 0.15) is 18.4 Å². The molecule has 0 bridgehead atoms. The third-order valence-electron chi connectivity index (χ3n) is 4.70. The Balaban J connectivity index is 0.000000321. The van der Waals surface area contributed by atoms with Crippen LogP contribution in [-0.4, -0.2) is 61.9 Å². The number of hydrogen-bond donors (Lipinski definition) is 2. The molecule has 0 aliphatic carbocycles. The number of hydrogen-bond acceptors (Lipinski definition) is 3. The number of halogens is 4. The van der Waals surface area contributed by atoms with Crippen LogP contribution in [0, 0.1) is 5.82 Å². The Morgan fingerprint density at radius 1 is 1.22 bits per heavy atom. The smallest absolute Gasteiger partial charge is 0.475 e. The number of alkyl halides is 3. The molecule has 2 aliphatic heterocycles. The Hall–Kier alpha value is -2.36. The van der Waals surface area contributed by atoms with Crippen LogP contribution < -0.4 is 10.2 Å². The number of carboxylic acids is 1. The molecule has 2 heterocycles. The van der Waals surface area contributed by atoms with Gasteiger partial charge in [-0.3, -0.25) is 4.90 Å². The molecule has 2 amide bonds. The van der Waals surface area contributed by atoms with Crippen LogP contribution >= 0.6 is 0 Å². The van der Waals surface area contributed by atoms with Gasteiger partial charge < -0.3 is 15.3 Å². The Kier molecular flexibility index (Phi) is 5.98. The maximum atomic E-state index is 13.7. The number of carbonyl (C=O) groups excluding carboxylic acids is 1. The second-order valence-electron chi connectivity index (χ2n) is 6.76. The van der Waals surface area contributed by atoms with Gasteiger partial charge in [0.15, 0.2) is 0 Å². The first-order valence-corrected chi connectivity index (χ1v) is 8.28. The van der Waals surface area contributed by atoms with E-state index in [0.29, 0.717) is 6.54 Å². The van der Waals surface area contributed by atoms with Gasteiger partial charge in [0, 0.05) is 31.7 Å². The van der Waals surface area contributed by atoms with E-state index in [1.54, 1.807) is 36.0 Å². The highest BCUT2D eigenvalue weighted by Gasteiger charge is 2.45. The lowest BCUT2D eigenvalue weighted by Crippen LogP contribution is -2.46. The quantitative estimate of drug-likeness (QED) is 0.667. The van der Waals surface area contributed by atoms with Crippen LogP contribution in [0.2, 0.25) is 0 Å². The zero-order chi connectivity index (χ0) is 20.4. The number of nitrogens with one attached hydrogen (secondary N) is 1. The van der Waals surface area contributed by atoms with Crippen LogP contribution in [0.4, 0.5) is 28.0 Å². The highest BCUT2D eigenvalue weighted by atomic mass is 19.4. The fraction of sp³-hybridized carbons (Fsp3) is 0.529. The Morgan fingerprint density at radius 3 is 2.26 bits per heavy atom. The number of anilines is 1. The lowest BCUT2D eigenvalue weighted by Gasteiger charge is -2.34. The van der Waals surface area contributed by atoms with Gasteiger partial charge in [-0.05, 0) is 49.7 Å². The molecule has 2 N–H and O–H groups in total. The van der Waals surface area contributed by atoms with Crippen molar-refractivity contribution in [2.45, 2.75) is 24.4 Å². The van der Waals surface area contributed by atoms with E-state index in [2.05, 4.69) is 5.32 Å². The van der Waals surface area contributed by atoms with E-state index < -0.39 is 12.1 Å². The minimum atomic E-state index is -5.08. The molecular weight excluding hydrogens is 370 g/mol. The largest absolute Gasteiger partial charge is 0.490 e. The number of nitrogens with zero attached hydrogens (tertiary/aromatic N) is 2. The molecule has 0 atom stereocenters. The maximum Gasteiger partial charge on any atom is 0.490 e. The van der Waals surface area contributed by atoms with Crippen molar-refractivity contribution in [3.8, 4) is 0 Å². The number of rotatable bonds is 0. The van der Waals surface area contributed by atoms with Gasteiger partial charge in [-0.1, -0.05) is 0 Å². The summed E-state index contributed by atoms with van der Waals surface area (Å²) in [6.45, 7) is 2.49. The van der Waals surface area contributed by atoms with Crippen molar-refractivity contribution < 1.29 is 32.3 Å². The van der Waals surface area contributed by atoms with Gasteiger partial charge in [0.2, 0.25) is 0 Å². The summed E-state index contributed by atoms with van der Waals surface area (Å²) < 4.78 is 45.4. The summed E-state index contributed by atoms with van der Waals surface area (Å²) in [7, 11) is 3.50. The minimum absolute atomic E-state index is 0.0340. The molecule has 0 unspecified atom stereocenters. The number of amides is 2. The maximum absolute atomic E-state index is 13.7. The number of fused-ring (bicyclic) bond motifs is 2. The van der Waals surface area contributed by atoms with E-state index in [9.17, 15) is 22.4 Å². The molecule has 150 valence electrons. The molecule has 6 nitrogen and oxygen atoms in total. The first-order chi connectivity index (χ1) is 12.5. The van der Waals surface area contributed by atoms with Crippen molar-refractivity contribution in [1.29, 1.82) is 0 Å². The van der Waals surface area contributed by atoms with Crippen LogP contribution in [0.25, 0.3) is 0 Å². The summed E-state index contributed by atoms with van der Waals surface area (Å²) in [6.07, 6.45) is -3.19. The molecule has 1 saturated heterocycles. The fourth-order valence-corrected chi connectivity index (χ4v) is 3.39. The molecule has 1 fully saturated rings. The average molecular weight is 391 g/mol. The molecule has 0 radical (unpaired) electrons. The highest BCUT2D eigenvalue weighted by Crippen LogP contribution is 2.46. The Labute approximate surface area is 153 Å². The molecule has 1 aromatic carbocycles. The summed E-state index contributed by atoms with van der Waals surface area (Å²) in [5, 5.41) is 10.5. The summed E-state index contributed by atoms with van der Waals surface area (Å²) in [6, 6.07) is 4.76. The molecule has 1 spiro atoms. The van der Waals surface area contributed by atoms with Gasteiger partial charge in [0.1, 0.15) is 5.82 Å². The molecule has 0 saturated carbocycles. The number of carbonyl (C=O) groups is 2. The lowest BCUT2D eigenvalue weighted by molar-refractivity contribution is -0.192. The number of aliphatic carboxylic acids is 1. The van der Waals surface area contributed by atoms with Crippen molar-refractivity contribution in [2.75, 3.05) is 38.6 Å². The molecule has 10 heteroatoms. The summed E-state index contributed by atoms with van der Waals surface area (Å²) in [5.41, 5.74) is 1.77. The first-order valence-electron chi connectivity index (χ1n) is 8.28. The van der Waals surface area contributed by atoms with E-state index in [1.807, 2.05) is 0 Å². The van der Waals surface area contributed by atoms with Crippen LogP contribution in [0.15, 0.2) is 18.2 Å². The van der Waals surface area contributed by atoms with Gasteiger partial charge in [0.05, 0.1) is 0 Å². The average Bonchev–Trinajstić information content (AvgIpc) is 2.88. The Bertz CT molecular complexity index is 716. The van der Waals surface area contributed by atoms with Gasteiger partial charge in [-0.2, -0.15) is 13.2 Å². The third-order valence-corrected chi connectivity index (χ3v) is 4.70. The Morgan fingerprint density at radius 2 is 1.78 bits per heavy atom. The summed E-state index contributed by atoms with van der Waals surface area (Å²) in [5.74, 6) is -2.98. The van der Waals surface area contributed by atoms with Crippen molar-refractivity contribution in [3.05, 3.63) is 29.6 Å². The van der Waals surface area contributed by atoms with E-state index in [4.69, 9.17) is 9.90 Å². The topological polar surface area (TPSA) is 72.9 Å². The minimum Gasteiger partial charge on any atom is -0.475 e. The molecule has 3 rings (SSSR count). The fourth-order valence-electron chi connectivity index (χ4n) is 3.39. The van der Waals surface area contributed by atoms with Gasteiger partial charge >= 0.3 is 18.2 Å². The monoisotopic (exact) mass is 391 g/mol. The summed E-state index contributed by atoms with van der Waals surface area (Å²) in [4.78, 5) is 24.6. The first kappa shape index (κ1) is 20.9. The number of benzene rings is 1. The van der Waals surface area contributed by atoms with Gasteiger partial charge in [0.25, 0.3) is 0 Å². The number of piperidine rings is 1. The molecule has 2 aliphatic rings. The van der Waals surface area contributed by atoms with Crippen molar-refractivity contribution in [3.63, 3.8) is 0 Å². The molecule has 0 aromatic heterocycles. The van der Waals surface area contributed by atoms with E-state index in [-0.39, 0.29) is 17.3 Å². The molecule has 27 heavy (non-hydrogen) atoms. The van der Waals surface area contributed by atoms with Crippen LogP contribution in [-0.2, 0) is 10.2 Å². The summed E-state index contributed by atoms with van der Waals surface area (Å²) >= 11 is 0. The van der Waals surface area contributed by atoms with Crippen LogP contribution in [0.3, 0.4) is 0 Å². The van der Waals surface area contributed by atoms with Gasteiger partial charge in [-0.15, -0.1) is 0 Å². The molecular formula is C17H21F4N3O3. The van der Waals surface area contributed by atoms with Gasteiger partial charge in [-0.25, -0.2) is 14.0 Å². The van der Waals surface area contributed by atoms with Crippen LogP contribution in [0.5, 0.6) is 0 Å².